The van der Waals surface area contributed by atoms with E-state index in [2.05, 4.69) is 4.99 Å². The number of thioether (sulfide) groups is 1. The van der Waals surface area contributed by atoms with Gasteiger partial charge in [0.1, 0.15) is 4.58 Å². The Kier molecular flexibility index (Phi) is 2.21. The highest BCUT2D eigenvalue weighted by atomic mass is 32.3. The molecule has 13 heavy (non-hydrogen) atoms. The summed E-state index contributed by atoms with van der Waals surface area (Å²) in [5, 5.41) is 5.99. The van der Waals surface area contributed by atoms with Gasteiger partial charge < -0.3 is 0 Å². The van der Waals surface area contributed by atoms with Crippen molar-refractivity contribution in [3.8, 4) is 0 Å². The smallest absolute Gasteiger partial charge is 0.221 e. The van der Waals surface area contributed by atoms with Crippen molar-refractivity contribution < 1.29 is 8.42 Å². The van der Waals surface area contributed by atoms with E-state index in [9.17, 15) is 8.42 Å². The highest BCUT2D eigenvalue weighted by Crippen LogP contribution is 2.39. The lowest BCUT2D eigenvalue weighted by molar-refractivity contribution is 0.583. The van der Waals surface area contributed by atoms with Crippen molar-refractivity contribution in [3.63, 3.8) is 0 Å². The SMILES string of the molecule is NS(=O)(=O)C1CC2CC=CN=C2S1. The Hall–Kier alpha value is -0.330. The van der Waals surface area contributed by atoms with E-state index >= 15 is 0 Å². The quantitative estimate of drug-likeness (QED) is 0.703. The molecule has 2 unspecified atom stereocenters. The van der Waals surface area contributed by atoms with Crippen LogP contribution in [0.5, 0.6) is 0 Å². The van der Waals surface area contributed by atoms with E-state index < -0.39 is 14.6 Å². The second-order valence-electron chi connectivity index (χ2n) is 3.16. The predicted molar refractivity (Wildman–Crippen MR) is 53.8 cm³/mol. The van der Waals surface area contributed by atoms with Gasteiger partial charge in [0.25, 0.3) is 0 Å². The molecule has 2 N–H and O–H groups in total. The Bertz CT molecular complexity index is 372. The fraction of sp³-hybridized carbons (Fsp3) is 0.571. The van der Waals surface area contributed by atoms with Crippen LogP contribution in [0.3, 0.4) is 0 Å². The van der Waals surface area contributed by atoms with Crippen LogP contribution < -0.4 is 5.14 Å². The van der Waals surface area contributed by atoms with Gasteiger partial charge in [0.2, 0.25) is 10.0 Å². The number of fused-ring (bicyclic) bond motifs is 1. The van der Waals surface area contributed by atoms with Crippen LogP contribution in [0.4, 0.5) is 0 Å². The standard InChI is InChI=1S/C7H10N2O2S2/c8-13(10,11)6-4-5-2-1-3-9-7(5)12-6/h1,3,5-6H,2,4H2,(H2,8,10,11). The Labute approximate surface area is 81.3 Å². The van der Waals surface area contributed by atoms with Crippen molar-refractivity contribution >= 4 is 26.8 Å². The van der Waals surface area contributed by atoms with Crippen LogP contribution in [0.2, 0.25) is 0 Å². The van der Waals surface area contributed by atoms with E-state index in [-0.39, 0.29) is 5.92 Å². The topological polar surface area (TPSA) is 72.5 Å². The minimum atomic E-state index is -3.41. The highest BCUT2D eigenvalue weighted by molar-refractivity contribution is 8.22. The average Bonchev–Trinajstić information content (AvgIpc) is 2.45. The van der Waals surface area contributed by atoms with Crippen molar-refractivity contribution in [3.05, 3.63) is 12.3 Å². The number of nitrogens with zero attached hydrogens (tertiary/aromatic N) is 1. The molecule has 0 aromatic carbocycles. The molecule has 1 fully saturated rings. The first-order valence-electron chi connectivity index (χ1n) is 3.98. The zero-order valence-corrected chi connectivity index (χ0v) is 8.51. The maximum absolute atomic E-state index is 11.1. The molecule has 72 valence electrons. The molecule has 0 radical (unpaired) electrons. The molecular weight excluding hydrogens is 208 g/mol. The Balaban J connectivity index is 2.20. The Morgan fingerprint density at radius 3 is 3.00 bits per heavy atom. The number of nitrogens with two attached hydrogens (primary N) is 1. The molecule has 2 atom stereocenters. The molecule has 2 heterocycles. The van der Waals surface area contributed by atoms with Crippen LogP contribution in [0.25, 0.3) is 0 Å². The van der Waals surface area contributed by atoms with Crippen LogP contribution in [0, 0.1) is 5.92 Å². The van der Waals surface area contributed by atoms with Crippen LogP contribution in [0.1, 0.15) is 12.8 Å². The Morgan fingerprint density at radius 2 is 2.38 bits per heavy atom. The van der Waals surface area contributed by atoms with Crippen LogP contribution in [0.15, 0.2) is 17.3 Å². The third-order valence-electron chi connectivity index (χ3n) is 2.17. The third-order valence-corrected chi connectivity index (χ3v) is 5.33. The van der Waals surface area contributed by atoms with Gasteiger partial charge in [-0.2, -0.15) is 0 Å². The Morgan fingerprint density at radius 1 is 1.62 bits per heavy atom. The van der Waals surface area contributed by atoms with E-state index in [0.29, 0.717) is 6.42 Å². The van der Waals surface area contributed by atoms with E-state index in [1.807, 2.05) is 6.08 Å². The fourth-order valence-corrected chi connectivity index (χ4v) is 3.93. The van der Waals surface area contributed by atoms with Gasteiger partial charge in [-0.05, 0) is 12.8 Å². The average molecular weight is 218 g/mol. The van der Waals surface area contributed by atoms with Gasteiger partial charge in [-0.3, -0.25) is 4.99 Å². The molecule has 4 nitrogen and oxygen atoms in total. The van der Waals surface area contributed by atoms with E-state index in [4.69, 9.17) is 5.14 Å². The molecule has 6 heteroatoms. The van der Waals surface area contributed by atoms with Crippen molar-refractivity contribution in [1.82, 2.24) is 0 Å². The predicted octanol–water partition coefficient (Wildman–Crippen LogP) is 0.670. The van der Waals surface area contributed by atoms with Gasteiger partial charge in [-0.1, -0.05) is 17.8 Å². The molecule has 2 rings (SSSR count). The summed E-state index contributed by atoms with van der Waals surface area (Å²) in [4.78, 5) is 4.13. The molecule has 0 aromatic heterocycles. The summed E-state index contributed by atoms with van der Waals surface area (Å²) in [5.74, 6) is 0.276. The van der Waals surface area contributed by atoms with E-state index in [1.54, 1.807) is 6.20 Å². The molecular formula is C7H10N2O2S2. The summed E-state index contributed by atoms with van der Waals surface area (Å²) in [5.41, 5.74) is 0. The lowest BCUT2D eigenvalue weighted by atomic mass is 10.0. The first kappa shape index (κ1) is 9.23. The van der Waals surface area contributed by atoms with Crippen molar-refractivity contribution in [2.45, 2.75) is 17.4 Å². The van der Waals surface area contributed by atoms with Crippen molar-refractivity contribution in [2.75, 3.05) is 0 Å². The van der Waals surface area contributed by atoms with Gasteiger partial charge in [0.15, 0.2) is 0 Å². The lowest BCUT2D eigenvalue weighted by Crippen LogP contribution is -2.23. The molecule has 0 bridgehead atoms. The molecule has 2 aliphatic heterocycles. The second-order valence-corrected chi connectivity index (χ2v) is 6.43. The highest BCUT2D eigenvalue weighted by Gasteiger charge is 2.37. The van der Waals surface area contributed by atoms with E-state index in [0.717, 1.165) is 11.5 Å². The largest absolute Gasteiger partial charge is 0.254 e. The van der Waals surface area contributed by atoms with Gasteiger partial charge in [-0.15, -0.1) is 0 Å². The minimum absolute atomic E-state index is 0.276. The number of rotatable bonds is 1. The normalized spacial score (nSPS) is 32.8. The summed E-state index contributed by atoms with van der Waals surface area (Å²) >= 11 is 1.29. The number of hydrogen-bond acceptors (Lipinski definition) is 4. The van der Waals surface area contributed by atoms with Crippen LogP contribution >= 0.6 is 11.8 Å². The number of aliphatic imine (C=N–C) groups is 1. The van der Waals surface area contributed by atoms with E-state index in [1.165, 1.54) is 11.8 Å². The monoisotopic (exact) mass is 218 g/mol. The molecule has 2 aliphatic rings. The summed E-state index contributed by atoms with van der Waals surface area (Å²) in [6.45, 7) is 0. The van der Waals surface area contributed by atoms with Gasteiger partial charge in [-0.25, -0.2) is 13.6 Å². The van der Waals surface area contributed by atoms with Crippen LogP contribution in [-0.2, 0) is 10.0 Å². The number of sulfonamides is 1. The molecule has 0 amide bonds. The maximum atomic E-state index is 11.1. The summed E-state index contributed by atoms with van der Waals surface area (Å²) < 4.78 is 21.6. The van der Waals surface area contributed by atoms with Gasteiger partial charge in [0, 0.05) is 12.1 Å². The second kappa shape index (κ2) is 3.11. The summed E-state index contributed by atoms with van der Waals surface area (Å²) in [6, 6.07) is 0. The molecule has 0 saturated carbocycles. The van der Waals surface area contributed by atoms with Crippen molar-refractivity contribution in [1.29, 1.82) is 0 Å². The first-order valence-corrected chi connectivity index (χ1v) is 6.47. The molecule has 0 aliphatic carbocycles. The van der Waals surface area contributed by atoms with Crippen LogP contribution in [-0.4, -0.2) is 18.0 Å². The molecule has 0 spiro atoms. The number of allylic oxidation sites excluding steroid dienone is 1. The number of primary sulfonamides is 1. The van der Waals surface area contributed by atoms with Gasteiger partial charge in [0.05, 0.1) is 5.04 Å². The zero-order valence-electron chi connectivity index (χ0n) is 6.88. The summed E-state index contributed by atoms with van der Waals surface area (Å²) in [6.07, 6.45) is 5.18. The third kappa shape index (κ3) is 1.79. The van der Waals surface area contributed by atoms with Gasteiger partial charge >= 0.3 is 0 Å². The fourth-order valence-electron chi connectivity index (χ4n) is 1.50. The van der Waals surface area contributed by atoms with Crippen molar-refractivity contribution in [2.24, 2.45) is 16.0 Å². The molecule has 1 saturated heterocycles. The number of hydrogen-bond donors (Lipinski definition) is 1. The lowest BCUT2D eigenvalue weighted by Gasteiger charge is -2.08. The molecule has 0 aromatic rings. The maximum Gasteiger partial charge on any atom is 0.221 e. The first-order chi connectivity index (χ1) is 6.07. The minimum Gasteiger partial charge on any atom is -0.254 e. The zero-order chi connectivity index (χ0) is 9.47. The summed E-state index contributed by atoms with van der Waals surface area (Å²) in [7, 11) is -3.41.